The summed E-state index contributed by atoms with van der Waals surface area (Å²) in [6.45, 7) is 2.39. The summed E-state index contributed by atoms with van der Waals surface area (Å²) in [5, 5.41) is 3.46. The second kappa shape index (κ2) is 7.66. The van der Waals surface area contributed by atoms with Crippen molar-refractivity contribution in [3.05, 3.63) is 70.3 Å². The molecule has 3 nitrogen and oxygen atoms in total. The number of carbonyl (C=O) groups is 1. The van der Waals surface area contributed by atoms with Crippen LogP contribution in [0.1, 0.15) is 16.7 Å². The standard InChI is InChI=1S/C18H18ClNO2/c1-13-7-9-17(22-2)14(11-13)8-10-18(21)20-12-15-5-3-4-6-16(15)19/h3-11H,12H2,1-2H3,(H,20,21)/b10-8+. The highest BCUT2D eigenvalue weighted by Crippen LogP contribution is 2.21. The molecule has 0 aromatic heterocycles. The Bertz CT molecular complexity index is 695. The van der Waals surface area contributed by atoms with Crippen molar-refractivity contribution in [3.63, 3.8) is 0 Å². The molecule has 0 fully saturated rings. The van der Waals surface area contributed by atoms with Crippen LogP contribution in [0.25, 0.3) is 6.08 Å². The van der Waals surface area contributed by atoms with Gasteiger partial charge in [0.2, 0.25) is 5.91 Å². The molecule has 0 atom stereocenters. The highest BCUT2D eigenvalue weighted by molar-refractivity contribution is 6.31. The number of rotatable bonds is 5. The molecule has 0 bridgehead atoms. The molecule has 0 saturated carbocycles. The summed E-state index contributed by atoms with van der Waals surface area (Å²) in [6.07, 6.45) is 3.24. The molecule has 2 aromatic rings. The lowest BCUT2D eigenvalue weighted by Gasteiger charge is -2.06. The van der Waals surface area contributed by atoms with Gasteiger partial charge in [-0.05, 0) is 36.8 Å². The fourth-order valence-electron chi connectivity index (χ4n) is 2.03. The first kappa shape index (κ1) is 16.1. The Balaban J connectivity index is 2.00. The molecule has 0 unspecified atom stereocenters. The SMILES string of the molecule is COc1ccc(C)cc1/C=C/C(=O)NCc1ccccc1Cl. The normalized spacial score (nSPS) is 10.7. The predicted molar refractivity (Wildman–Crippen MR) is 90.1 cm³/mol. The molecule has 2 aromatic carbocycles. The van der Waals surface area contributed by atoms with E-state index in [2.05, 4.69) is 5.32 Å². The lowest BCUT2D eigenvalue weighted by Crippen LogP contribution is -2.20. The van der Waals surface area contributed by atoms with E-state index in [0.717, 1.165) is 22.4 Å². The van der Waals surface area contributed by atoms with Gasteiger partial charge in [0, 0.05) is 23.2 Å². The van der Waals surface area contributed by atoms with E-state index in [1.165, 1.54) is 6.08 Å². The summed E-state index contributed by atoms with van der Waals surface area (Å²) >= 11 is 6.05. The second-order valence-corrected chi connectivity index (χ2v) is 5.30. The number of amides is 1. The summed E-state index contributed by atoms with van der Waals surface area (Å²) < 4.78 is 5.28. The molecular formula is C18H18ClNO2. The third-order valence-corrected chi connectivity index (χ3v) is 3.58. The van der Waals surface area contributed by atoms with Crippen LogP contribution in [-0.4, -0.2) is 13.0 Å². The number of hydrogen-bond acceptors (Lipinski definition) is 2. The highest BCUT2D eigenvalue weighted by Gasteiger charge is 2.03. The molecule has 0 aliphatic heterocycles. The molecule has 0 heterocycles. The van der Waals surface area contributed by atoms with E-state index >= 15 is 0 Å². The molecule has 0 aliphatic carbocycles. The third kappa shape index (κ3) is 4.37. The lowest BCUT2D eigenvalue weighted by atomic mass is 10.1. The number of hydrogen-bond donors (Lipinski definition) is 1. The van der Waals surface area contributed by atoms with Gasteiger partial charge in [-0.15, -0.1) is 0 Å². The topological polar surface area (TPSA) is 38.3 Å². The minimum absolute atomic E-state index is 0.177. The number of nitrogens with one attached hydrogen (secondary N) is 1. The summed E-state index contributed by atoms with van der Waals surface area (Å²) in [6, 6.07) is 13.3. The summed E-state index contributed by atoms with van der Waals surface area (Å²) in [7, 11) is 1.61. The van der Waals surface area contributed by atoms with Crippen molar-refractivity contribution in [2.75, 3.05) is 7.11 Å². The Morgan fingerprint density at radius 1 is 1.27 bits per heavy atom. The molecule has 0 aliphatic rings. The van der Waals surface area contributed by atoms with Crippen molar-refractivity contribution in [2.24, 2.45) is 0 Å². The number of aryl methyl sites for hydroxylation is 1. The lowest BCUT2D eigenvalue weighted by molar-refractivity contribution is -0.116. The van der Waals surface area contributed by atoms with Gasteiger partial charge in [0.05, 0.1) is 7.11 Å². The zero-order valence-corrected chi connectivity index (χ0v) is 13.4. The monoisotopic (exact) mass is 315 g/mol. The third-order valence-electron chi connectivity index (χ3n) is 3.21. The smallest absolute Gasteiger partial charge is 0.244 e. The van der Waals surface area contributed by atoms with Crippen molar-refractivity contribution in [1.29, 1.82) is 0 Å². The Labute approximate surface area is 135 Å². The summed E-state index contributed by atoms with van der Waals surface area (Å²) in [5.41, 5.74) is 2.87. The first-order chi connectivity index (χ1) is 10.6. The van der Waals surface area contributed by atoms with Gasteiger partial charge in [0.15, 0.2) is 0 Å². The van der Waals surface area contributed by atoms with Crippen molar-refractivity contribution in [3.8, 4) is 5.75 Å². The number of halogens is 1. The zero-order chi connectivity index (χ0) is 15.9. The molecule has 4 heteroatoms. The molecule has 2 rings (SSSR count). The molecular weight excluding hydrogens is 298 g/mol. The number of ether oxygens (including phenoxy) is 1. The van der Waals surface area contributed by atoms with E-state index < -0.39 is 0 Å². The van der Waals surface area contributed by atoms with Crippen molar-refractivity contribution < 1.29 is 9.53 Å². The van der Waals surface area contributed by atoms with E-state index in [-0.39, 0.29) is 5.91 Å². The van der Waals surface area contributed by atoms with Crippen LogP contribution in [0.5, 0.6) is 5.75 Å². The molecule has 22 heavy (non-hydrogen) atoms. The number of methoxy groups -OCH3 is 1. The maximum Gasteiger partial charge on any atom is 0.244 e. The van der Waals surface area contributed by atoms with E-state index in [4.69, 9.17) is 16.3 Å². The molecule has 1 amide bonds. The minimum atomic E-state index is -0.177. The predicted octanol–water partition coefficient (Wildman–Crippen LogP) is 3.99. The molecule has 1 N–H and O–H groups in total. The van der Waals surface area contributed by atoms with Crippen molar-refractivity contribution in [1.82, 2.24) is 5.32 Å². The number of benzene rings is 2. The fraction of sp³-hybridized carbons (Fsp3) is 0.167. The first-order valence-corrected chi connectivity index (χ1v) is 7.32. The van der Waals surface area contributed by atoms with Crippen LogP contribution in [-0.2, 0) is 11.3 Å². The van der Waals surface area contributed by atoms with E-state index in [1.54, 1.807) is 19.3 Å². The maximum atomic E-state index is 11.9. The average Bonchev–Trinajstić information content (AvgIpc) is 2.52. The zero-order valence-electron chi connectivity index (χ0n) is 12.6. The van der Waals surface area contributed by atoms with Crippen molar-refractivity contribution >= 4 is 23.6 Å². The minimum Gasteiger partial charge on any atom is -0.496 e. The van der Waals surface area contributed by atoms with E-state index in [1.807, 2.05) is 43.3 Å². The fourth-order valence-corrected chi connectivity index (χ4v) is 2.24. The van der Waals surface area contributed by atoms with Crippen LogP contribution in [0.2, 0.25) is 5.02 Å². The Morgan fingerprint density at radius 3 is 2.77 bits per heavy atom. The van der Waals surface area contributed by atoms with Crippen LogP contribution >= 0.6 is 11.6 Å². The van der Waals surface area contributed by atoms with Crippen LogP contribution in [0.3, 0.4) is 0 Å². The maximum absolute atomic E-state index is 11.9. The van der Waals surface area contributed by atoms with Crippen molar-refractivity contribution in [2.45, 2.75) is 13.5 Å². The van der Waals surface area contributed by atoms with Crippen LogP contribution in [0.15, 0.2) is 48.5 Å². The van der Waals surface area contributed by atoms with Crippen LogP contribution < -0.4 is 10.1 Å². The van der Waals surface area contributed by atoms with Gasteiger partial charge >= 0.3 is 0 Å². The first-order valence-electron chi connectivity index (χ1n) is 6.94. The van der Waals surface area contributed by atoms with E-state index in [0.29, 0.717) is 11.6 Å². The summed E-state index contributed by atoms with van der Waals surface area (Å²) in [5.74, 6) is 0.559. The van der Waals surface area contributed by atoms with Gasteiger partial charge in [0.1, 0.15) is 5.75 Å². The molecule has 0 radical (unpaired) electrons. The quantitative estimate of drug-likeness (QED) is 0.847. The Morgan fingerprint density at radius 2 is 2.05 bits per heavy atom. The number of carbonyl (C=O) groups excluding carboxylic acids is 1. The van der Waals surface area contributed by atoms with Gasteiger partial charge in [0.25, 0.3) is 0 Å². The van der Waals surface area contributed by atoms with Gasteiger partial charge < -0.3 is 10.1 Å². The second-order valence-electron chi connectivity index (χ2n) is 4.89. The van der Waals surface area contributed by atoms with Crippen LogP contribution in [0, 0.1) is 6.92 Å². The highest BCUT2D eigenvalue weighted by atomic mass is 35.5. The average molecular weight is 316 g/mol. The Hall–Kier alpha value is -2.26. The van der Waals surface area contributed by atoms with E-state index in [9.17, 15) is 4.79 Å². The molecule has 114 valence electrons. The van der Waals surface area contributed by atoms with Crippen LogP contribution in [0.4, 0.5) is 0 Å². The molecule has 0 saturated heterocycles. The largest absolute Gasteiger partial charge is 0.496 e. The van der Waals surface area contributed by atoms with Gasteiger partial charge in [-0.3, -0.25) is 4.79 Å². The van der Waals surface area contributed by atoms with Gasteiger partial charge in [-0.25, -0.2) is 0 Å². The summed E-state index contributed by atoms with van der Waals surface area (Å²) in [4.78, 5) is 11.9. The Kier molecular flexibility index (Phi) is 5.61. The van der Waals surface area contributed by atoms with Gasteiger partial charge in [-0.2, -0.15) is 0 Å². The molecule has 0 spiro atoms. The van der Waals surface area contributed by atoms with Gasteiger partial charge in [-0.1, -0.05) is 41.4 Å².